The number of hydrogen-bond acceptors (Lipinski definition) is 1. The van der Waals surface area contributed by atoms with Gasteiger partial charge in [-0.3, -0.25) is 0 Å². The number of para-hydroxylation sites is 2. The molecule has 0 fully saturated rings. The fraction of sp³-hybridized carbons (Fsp3) is 0. The van der Waals surface area contributed by atoms with Crippen molar-refractivity contribution in [2.75, 3.05) is 4.90 Å². The Labute approximate surface area is 418 Å². The molecule has 1 aromatic heterocycles. The lowest BCUT2D eigenvalue weighted by molar-refractivity contribution is 1.18. The fourth-order valence-corrected chi connectivity index (χ4v) is 11.6. The van der Waals surface area contributed by atoms with Crippen LogP contribution in [0.2, 0.25) is 0 Å². The van der Waals surface area contributed by atoms with E-state index in [-0.39, 0.29) is 0 Å². The maximum absolute atomic E-state index is 2.46. The van der Waals surface area contributed by atoms with Crippen LogP contribution in [0.4, 0.5) is 17.1 Å². The van der Waals surface area contributed by atoms with Gasteiger partial charge in [0.05, 0.1) is 16.7 Å². The van der Waals surface area contributed by atoms with E-state index in [1.165, 1.54) is 98.3 Å². The van der Waals surface area contributed by atoms with Crippen molar-refractivity contribution in [3.05, 3.63) is 279 Å². The molecule has 1 heterocycles. The van der Waals surface area contributed by atoms with Gasteiger partial charge in [-0.15, -0.1) is 0 Å². The molecule has 0 aliphatic heterocycles. The summed E-state index contributed by atoms with van der Waals surface area (Å²) in [6.07, 6.45) is 0. The van der Waals surface area contributed by atoms with Gasteiger partial charge in [-0.2, -0.15) is 0 Å². The number of rotatable bonds is 8. The van der Waals surface area contributed by atoms with Gasteiger partial charge in [0.1, 0.15) is 0 Å². The lowest BCUT2D eigenvalue weighted by atomic mass is 9.84. The third-order valence-electron chi connectivity index (χ3n) is 14.7. The van der Waals surface area contributed by atoms with Crippen molar-refractivity contribution in [2.45, 2.75) is 0 Å². The zero-order chi connectivity index (χ0) is 47.5. The van der Waals surface area contributed by atoms with Gasteiger partial charge in [0.15, 0.2) is 0 Å². The van der Waals surface area contributed by atoms with Gasteiger partial charge < -0.3 is 9.47 Å². The maximum Gasteiger partial charge on any atom is 0.0547 e. The van der Waals surface area contributed by atoms with E-state index >= 15 is 0 Å². The van der Waals surface area contributed by atoms with Crippen LogP contribution < -0.4 is 4.90 Å². The molecule has 0 aliphatic carbocycles. The van der Waals surface area contributed by atoms with Gasteiger partial charge >= 0.3 is 0 Å². The molecule has 0 N–H and O–H groups in total. The summed E-state index contributed by atoms with van der Waals surface area (Å²) in [5, 5.41) is 12.4. The summed E-state index contributed by atoms with van der Waals surface area (Å²) < 4.78 is 2.39. The van der Waals surface area contributed by atoms with Crippen LogP contribution in [0.25, 0.3) is 115 Å². The quantitative estimate of drug-likeness (QED) is 0.138. The van der Waals surface area contributed by atoms with Crippen molar-refractivity contribution >= 4 is 82.0 Å². The van der Waals surface area contributed by atoms with Crippen molar-refractivity contribution in [1.29, 1.82) is 0 Å². The molecule has 336 valence electrons. The van der Waals surface area contributed by atoms with Crippen molar-refractivity contribution in [1.82, 2.24) is 4.57 Å². The van der Waals surface area contributed by atoms with E-state index in [2.05, 4.69) is 289 Å². The first-order chi connectivity index (χ1) is 35.7. The topological polar surface area (TPSA) is 8.17 Å². The Balaban J connectivity index is 0.962. The Morgan fingerprint density at radius 3 is 1.51 bits per heavy atom. The first kappa shape index (κ1) is 41.5. The Hall–Kier alpha value is -9.50. The van der Waals surface area contributed by atoms with Crippen LogP contribution in [0.15, 0.2) is 279 Å². The van der Waals surface area contributed by atoms with Gasteiger partial charge in [0.2, 0.25) is 0 Å². The zero-order valence-corrected chi connectivity index (χ0v) is 39.5. The lowest BCUT2D eigenvalue weighted by Crippen LogP contribution is -2.11. The summed E-state index contributed by atoms with van der Waals surface area (Å²) in [7, 11) is 0. The van der Waals surface area contributed by atoms with Crippen LogP contribution in [0.3, 0.4) is 0 Å². The van der Waals surface area contributed by atoms with Crippen molar-refractivity contribution in [3.63, 3.8) is 0 Å². The average molecular weight is 915 g/mol. The Kier molecular flexibility index (Phi) is 9.89. The molecular formula is C70H46N2. The minimum absolute atomic E-state index is 1.08. The van der Waals surface area contributed by atoms with Crippen LogP contribution in [0.5, 0.6) is 0 Å². The second-order valence-electron chi connectivity index (χ2n) is 18.8. The Morgan fingerprint density at radius 2 is 0.778 bits per heavy atom. The van der Waals surface area contributed by atoms with E-state index < -0.39 is 0 Å². The summed E-state index contributed by atoms with van der Waals surface area (Å²) >= 11 is 0. The average Bonchev–Trinajstić information content (AvgIpc) is 3.80. The predicted octanol–water partition coefficient (Wildman–Crippen LogP) is 19.5. The van der Waals surface area contributed by atoms with E-state index in [9.17, 15) is 0 Å². The normalized spacial score (nSPS) is 11.6. The molecule has 0 unspecified atom stereocenters. The van der Waals surface area contributed by atoms with Crippen LogP contribution in [0.1, 0.15) is 0 Å². The number of hydrogen-bond donors (Lipinski definition) is 0. The minimum atomic E-state index is 1.08. The summed E-state index contributed by atoms with van der Waals surface area (Å²) in [6, 6.07) is 102. The standard InChI is InChI=1S/C70H46N2/c1-4-20-48(21-5-1)68-62-33-15-13-31-59(62)60-43-40-51(45-64(60)69(68)49-22-6-2-7-23-49)50-25-18-28-55(44-50)71(67-46-52-24-10-11-29-56(52)58-30-12-14-32-61(58)67)54-41-38-47(39-42-54)57-35-19-37-66-70(57)63-34-16-17-36-65(63)72(66)53-26-8-3-9-27-53/h1-46H. The molecule has 13 aromatic carbocycles. The molecule has 0 amide bonds. The zero-order valence-electron chi connectivity index (χ0n) is 39.5. The fourth-order valence-electron chi connectivity index (χ4n) is 11.6. The Bertz CT molecular complexity index is 4360. The van der Waals surface area contributed by atoms with Crippen LogP contribution in [-0.2, 0) is 0 Å². The van der Waals surface area contributed by atoms with E-state index in [0.29, 0.717) is 0 Å². The van der Waals surface area contributed by atoms with Crippen LogP contribution in [-0.4, -0.2) is 4.57 Å². The maximum atomic E-state index is 2.46. The minimum Gasteiger partial charge on any atom is -0.310 e. The summed E-state index contributed by atoms with van der Waals surface area (Å²) in [4.78, 5) is 2.46. The molecule has 0 saturated heterocycles. The third kappa shape index (κ3) is 6.80. The molecule has 14 rings (SSSR count). The number of anilines is 3. The lowest BCUT2D eigenvalue weighted by Gasteiger charge is -2.28. The van der Waals surface area contributed by atoms with Crippen molar-refractivity contribution < 1.29 is 0 Å². The van der Waals surface area contributed by atoms with Gasteiger partial charge in [-0.1, -0.05) is 218 Å². The predicted molar refractivity (Wildman–Crippen MR) is 307 cm³/mol. The molecule has 0 bridgehead atoms. The van der Waals surface area contributed by atoms with E-state index in [4.69, 9.17) is 0 Å². The molecule has 0 atom stereocenters. The third-order valence-corrected chi connectivity index (χ3v) is 14.7. The molecule has 14 aromatic rings. The summed E-state index contributed by atoms with van der Waals surface area (Å²) in [5.74, 6) is 0. The molecule has 2 heteroatoms. The first-order valence-electron chi connectivity index (χ1n) is 24.8. The molecule has 0 radical (unpaired) electrons. The molecule has 0 saturated carbocycles. The number of nitrogens with zero attached hydrogens (tertiary/aromatic N) is 2. The monoisotopic (exact) mass is 914 g/mol. The summed E-state index contributed by atoms with van der Waals surface area (Å²) in [5.41, 5.74) is 16.5. The summed E-state index contributed by atoms with van der Waals surface area (Å²) in [6.45, 7) is 0. The highest BCUT2D eigenvalue weighted by atomic mass is 15.1. The number of fused-ring (bicyclic) bond motifs is 9. The largest absolute Gasteiger partial charge is 0.310 e. The van der Waals surface area contributed by atoms with Gasteiger partial charge in [-0.05, 0) is 143 Å². The van der Waals surface area contributed by atoms with E-state index in [1.807, 2.05) is 0 Å². The van der Waals surface area contributed by atoms with E-state index in [0.717, 1.165) is 33.9 Å². The molecule has 72 heavy (non-hydrogen) atoms. The molecule has 0 aliphatic rings. The highest BCUT2D eigenvalue weighted by Crippen LogP contribution is 2.48. The smallest absolute Gasteiger partial charge is 0.0547 e. The SMILES string of the molecule is c1ccc(-c2c(-c3ccccc3)c3cc(-c4cccc(N(c5ccc(-c6cccc7c6c6ccccc6n7-c6ccccc6)cc5)c5cc6ccccc6c6ccccc56)c4)ccc3c3ccccc23)cc1. The van der Waals surface area contributed by atoms with Gasteiger partial charge in [0, 0.05) is 33.2 Å². The van der Waals surface area contributed by atoms with Gasteiger partial charge in [-0.25, -0.2) is 0 Å². The highest BCUT2D eigenvalue weighted by Gasteiger charge is 2.22. The van der Waals surface area contributed by atoms with Crippen molar-refractivity contribution in [2.24, 2.45) is 0 Å². The molecule has 2 nitrogen and oxygen atoms in total. The van der Waals surface area contributed by atoms with Crippen LogP contribution in [0, 0.1) is 0 Å². The molecule has 0 spiro atoms. The number of aromatic nitrogens is 1. The second-order valence-corrected chi connectivity index (χ2v) is 18.8. The first-order valence-corrected chi connectivity index (χ1v) is 24.8. The highest BCUT2D eigenvalue weighted by molar-refractivity contribution is 6.22. The van der Waals surface area contributed by atoms with E-state index in [1.54, 1.807) is 0 Å². The number of benzene rings is 13. The second kappa shape index (κ2) is 17.2. The molecular weight excluding hydrogens is 869 g/mol. The van der Waals surface area contributed by atoms with Crippen molar-refractivity contribution in [3.8, 4) is 50.2 Å². The Morgan fingerprint density at radius 1 is 0.264 bits per heavy atom. The van der Waals surface area contributed by atoms with Gasteiger partial charge in [0.25, 0.3) is 0 Å². The van der Waals surface area contributed by atoms with Crippen LogP contribution >= 0.6 is 0 Å².